The molecule has 0 atom stereocenters. The molecule has 2 aliphatic heterocycles. The Morgan fingerprint density at radius 2 is 1.74 bits per heavy atom. The topological polar surface area (TPSA) is 60.6 Å². The molecule has 6 nitrogen and oxygen atoms in total. The van der Waals surface area contributed by atoms with Gasteiger partial charge in [-0.1, -0.05) is 24.3 Å². The molecule has 3 aromatic rings. The summed E-state index contributed by atoms with van der Waals surface area (Å²) in [7, 11) is 0. The van der Waals surface area contributed by atoms with Crippen molar-refractivity contribution < 1.29 is 4.74 Å². The molecule has 6 heteroatoms. The van der Waals surface area contributed by atoms with Crippen LogP contribution in [0.5, 0.6) is 0 Å². The zero-order valence-electron chi connectivity index (χ0n) is 24.1. The molecular formula is C33H44N4O2. The highest BCUT2D eigenvalue weighted by Crippen LogP contribution is 2.34. The number of pyridine rings is 1. The molecule has 0 spiro atoms. The van der Waals surface area contributed by atoms with Crippen molar-refractivity contribution in [2.45, 2.75) is 72.6 Å². The van der Waals surface area contributed by atoms with E-state index in [9.17, 15) is 4.79 Å². The summed E-state index contributed by atoms with van der Waals surface area (Å²) in [6.45, 7) is 15.8. The first kappa shape index (κ1) is 27.6. The first-order chi connectivity index (χ1) is 18.9. The molecule has 0 amide bonds. The molecule has 2 aliphatic rings. The predicted molar refractivity (Wildman–Crippen MR) is 160 cm³/mol. The number of ether oxygens (including phenoxy) is 1. The minimum absolute atomic E-state index is 0.00107. The summed E-state index contributed by atoms with van der Waals surface area (Å²) in [5, 5.41) is 3.58. The van der Waals surface area contributed by atoms with Gasteiger partial charge in [-0.25, -0.2) is 0 Å². The normalized spacial score (nSPS) is 16.3. The van der Waals surface area contributed by atoms with E-state index in [1.165, 1.54) is 53.0 Å². The minimum atomic E-state index is 0.00107. The largest absolute Gasteiger partial charge is 0.381 e. The lowest BCUT2D eigenvalue weighted by atomic mass is 9.95. The molecule has 2 saturated heterocycles. The maximum Gasteiger partial charge on any atom is 0.252 e. The Labute approximate surface area is 233 Å². The second-order valence-corrected chi connectivity index (χ2v) is 11.3. The van der Waals surface area contributed by atoms with Crippen LogP contribution in [0.4, 0.5) is 5.69 Å². The van der Waals surface area contributed by atoms with Gasteiger partial charge in [0, 0.05) is 62.4 Å². The Hall–Kier alpha value is -2.93. The van der Waals surface area contributed by atoms with E-state index in [1.807, 2.05) is 19.9 Å². The van der Waals surface area contributed by atoms with Crippen molar-refractivity contribution in [3.8, 4) is 11.1 Å². The fourth-order valence-electron chi connectivity index (χ4n) is 6.05. The van der Waals surface area contributed by atoms with Crippen molar-refractivity contribution in [2.24, 2.45) is 0 Å². The van der Waals surface area contributed by atoms with Gasteiger partial charge in [0.05, 0.1) is 0 Å². The number of aromatic nitrogens is 1. The Kier molecular flexibility index (Phi) is 8.85. The zero-order chi connectivity index (χ0) is 27.4. The maximum atomic E-state index is 12.6. The quantitative estimate of drug-likeness (QED) is 0.366. The molecule has 5 rings (SSSR count). The summed E-state index contributed by atoms with van der Waals surface area (Å²) in [6, 6.07) is 16.4. The van der Waals surface area contributed by atoms with Crippen molar-refractivity contribution >= 4 is 5.69 Å². The Bertz CT molecular complexity index is 1320. The first-order valence-electron chi connectivity index (χ1n) is 14.6. The van der Waals surface area contributed by atoms with E-state index >= 15 is 0 Å². The highest BCUT2D eigenvalue weighted by Gasteiger charge is 2.23. The van der Waals surface area contributed by atoms with Gasteiger partial charge in [-0.3, -0.25) is 9.69 Å². The third-order valence-electron chi connectivity index (χ3n) is 8.52. The van der Waals surface area contributed by atoms with Crippen LogP contribution in [-0.4, -0.2) is 48.8 Å². The third-order valence-corrected chi connectivity index (χ3v) is 8.52. The maximum absolute atomic E-state index is 12.6. The van der Waals surface area contributed by atoms with Gasteiger partial charge in [0.15, 0.2) is 0 Å². The number of rotatable bonds is 10. The van der Waals surface area contributed by atoms with E-state index in [1.54, 1.807) is 0 Å². The SMILES string of the molecule is CCN(c1cc(-c2ccc(CN3CCC3)cc2)cc(CNCc2c(C)cc(C)[nH]c2=O)c1C)C1CCOCC1. The molecule has 2 aromatic carbocycles. The molecule has 2 N–H and O–H groups in total. The van der Waals surface area contributed by atoms with Crippen LogP contribution in [0.25, 0.3) is 11.1 Å². The van der Waals surface area contributed by atoms with Crippen molar-refractivity contribution in [2.75, 3.05) is 37.7 Å². The van der Waals surface area contributed by atoms with E-state index in [2.05, 4.69) is 70.3 Å². The Morgan fingerprint density at radius 1 is 1.00 bits per heavy atom. The average molecular weight is 529 g/mol. The van der Waals surface area contributed by atoms with Crippen molar-refractivity contribution in [3.05, 3.63) is 86.3 Å². The molecular weight excluding hydrogens is 484 g/mol. The summed E-state index contributed by atoms with van der Waals surface area (Å²) in [5.74, 6) is 0. The zero-order valence-corrected chi connectivity index (χ0v) is 24.1. The van der Waals surface area contributed by atoms with Gasteiger partial charge in [-0.2, -0.15) is 0 Å². The van der Waals surface area contributed by atoms with Gasteiger partial charge in [0.25, 0.3) is 5.56 Å². The number of H-pyrrole nitrogens is 1. The van der Waals surface area contributed by atoms with E-state index in [4.69, 9.17) is 4.74 Å². The molecule has 0 aliphatic carbocycles. The molecule has 0 unspecified atom stereocenters. The number of benzene rings is 2. The number of anilines is 1. The van der Waals surface area contributed by atoms with Crippen LogP contribution in [0.1, 0.15) is 59.7 Å². The Morgan fingerprint density at radius 3 is 2.38 bits per heavy atom. The lowest BCUT2D eigenvalue weighted by Gasteiger charge is -2.37. The van der Waals surface area contributed by atoms with Crippen molar-refractivity contribution in [1.29, 1.82) is 0 Å². The molecule has 3 heterocycles. The third kappa shape index (κ3) is 6.46. The van der Waals surface area contributed by atoms with E-state index in [-0.39, 0.29) is 5.56 Å². The van der Waals surface area contributed by atoms with Crippen LogP contribution in [0.2, 0.25) is 0 Å². The first-order valence-corrected chi connectivity index (χ1v) is 14.6. The van der Waals surface area contributed by atoms with Crippen molar-refractivity contribution in [3.63, 3.8) is 0 Å². The van der Waals surface area contributed by atoms with Crippen LogP contribution in [0.3, 0.4) is 0 Å². The van der Waals surface area contributed by atoms with Gasteiger partial charge in [0.2, 0.25) is 0 Å². The van der Waals surface area contributed by atoms with Gasteiger partial charge < -0.3 is 19.9 Å². The lowest BCUT2D eigenvalue weighted by molar-refractivity contribution is 0.0846. The molecule has 0 saturated carbocycles. The highest BCUT2D eigenvalue weighted by molar-refractivity contribution is 5.73. The summed E-state index contributed by atoms with van der Waals surface area (Å²) in [5.41, 5.74) is 10.5. The van der Waals surface area contributed by atoms with Gasteiger partial charge in [-0.15, -0.1) is 0 Å². The summed E-state index contributed by atoms with van der Waals surface area (Å²) < 4.78 is 5.68. The number of nitrogens with one attached hydrogen (secondary N) is 2. The molecule has 0 bridgehead atoms. The fraction of sp³-hybridized carbons (Fsp3) is 0.485. The molecule has 0 radical (unpaired) electrons. The number of aromatic amines is 1. The van der Waals surface area contributed by atoms with Gasteiger partial charge >= 0.3 is 0 Å². The standard InChI is InChI=1S/C33H44N4O2/c1-5-37(30-11-15-39-16-12-30)32-19-28(27-9-7-26(8-10-27)22-36-13-6-14-36)18-29(25(32)4)20-34-21-31-23(2)17-24(3)35-33(31)38/h7-10,17-19,30,34H,5-6,11-16,20-22H2,1-4H3,(H,35,38). The second kappa shape index (κ2) is 12.5. The van der Waals surface area contributed by atoms with E-state index in [0.29, 0.717) is 19.1 Å². The molecule has 2 fully saturated rings. The van der Waals surface area contributed by atoms with Crippen LogP contribution in [-0.2, 0) is 24.4 Å². The predicted octanol–water partition coefficient (Wildman–Crippen LogP) is 5.47. The summed E-state index contributed by atoms with van der Waals surface area (Å²) in [6.07, 6.45) is 3.44. The second-order valence-electron chi connectivity index (χ2n) is 11.3. The van der Waals surface area contributed by atoms with E-state index in [0.717, 1.165) is 56.0 Å². The average Bonchev–Trinajstić information content (AvgIpc) is 2.91. The number of aryl methyl sites for hydroxylation is 2. The summed E-state index contributed by atoms with van der Waals surface area (Å²) >= 11 is 0. The van der Waals surface area contributed by atoms with Crippen LogP contribution in [0.15, 0.2) is 47.3 Å². The lowest BCUT2D eigenvalue weighted by Crippen LogP contribution is -2.40. The number of nitrogens with zero attached hydrogens (tertiary/aromatic N) is 2. The molecule has 208 valence electrons. The van der Waals surface area contributed by atoms with Gasteiger partial charge in [-0.05, 0) is 112 Å². The summed E-state index contributed by atoms with van der Waals surface area (Å²) in [4.78, 5) is 20.6. The smallest absolute Gasteiger partial charge is 0.252 e. The molecule has 39 heavy (non-hydrogen) atoms. The number of hydrogen-bond donors (Lipinski definition) is 2. The van der Waals surface area contributed by atoms with Gasteiger partial charge in [0.1, 0.15) is 0 Å². The Balaban J connectivity index is 1.43. The van der Waals surface area contributed by atoms with Crippen LogP contribution < -0.4 is 15.8 Å². The number of hydrogen-bond acceptors (Lipinski definition) is 5. The fourth-order valence-corrected chi connectivity index (χ4v) is 6.05. The van der Waals surface area contributed by atoms with Crippen LogP contribution >= 0.6 is 0 Å². The van der Waals surface area contributed by atoms with Crippen LogP contribution in [0, 0.1) is 20.8 Å². The minimum Gasteiger partial charge on any atom is -0.381 e. The highest BCUT2D eigenvalue weighted by atomic mass is 16.5. The number of likely N-dealkylation sites (tertiary alicyclic amines) is 1. The monoisotopic (exact) mass is 528 g/mol. The van der Waals surface area contributed by atoms with E-state index < -0.39 is 0 Å². The molecule has 1 aromatic heterocycles. The van der Waals surface area contributed by atoms with Crippen molar-refractivity contribution in [1.82, 2.24) is 15.2 Å².